The van der Waals surface area contributed by atoms with Gasteiger partial charge in [0.2, 0.25) is 5.91 Å². The van der Waals surface area contributed by atoms with Crippen LogP contribution >= 0.6 is 11.3 Å². The molecule has 3 rings (SSSR count). The molecule has 0 radical (unpaired) electrons. The lowest BCUT2D eigenvalue weighted by Crippen LogP contribution is -2.32. The molecular formula is C21H16F3N3O3S. The Bertz CT molecular complexity index is 1110. The van der Waals surface area contributed by atoms with Crippen LogP contribution in [0.25, 0.3) is 11.3 Å². The Morgan fingerprint density at radius 3 is 2.23 bits per heavy atom. The van der Waals surface area contributed by atoms with Crippen LogP contribution in [0.2, 0.25) is 0 Å². The molecule has 0 aliphatic rings. The van der Waals surface area contributed by atoms with Gasteiger partial charge in [0.25, 0.3) is 5.91 Å². The average molecular weight is 447 g/mol. The van der Waals surface area contributed by atoms with E-state index in [1.807, 2.05) is 6.07 Å². The average Bonchev–Trinajstić information content (AvgIpc) is 3.16. The maximum Gasteiger partial charge on any atom is 0.416 e. The highest BCUT2D eigenvalue weighted by Gasteiger charge is 2.30. The molecule has 31 heavy (non-hydrogen) atoms. The number of aromatic nitrogens is 1. The number of carbonyl (C=O) groups excluding carboxylic acids is 3. The predicted octanol–water partition coefficient (Wildman–Crippen LogP) is 4.40. The van der Waals surface area contributed by atoms with Crippen molar-refractivity contribution in [3.63, 3.8) is 0 Å². The van der Waals surface area contributed by atoms with Crippen molar-refractivity contribution in [3.8, 4) is 11.3 Å². The van der Waals surface area contributed by atoms with Crippen molar-refractivity contribution in [1.82, 2.24) is 10.3 Å². The van der Waals surface area contributed by atoms with Crippen molar-refractivity contribution in [2.75, 3.05) is 11.9 Å². The van der Waals surface area contributed by atoms with Crippen LogP contribution in [0.15, 0.2) is 54.6 Å². The smallest absolute Gasteiger partial charge is 0.343 e. The quantitative estimate of drug-likeness (QED) is 0.549. The molecule has 0 aliphatic carbocycles. The summed E-state index contributed by atoms with van der Waals surface area (Å²) in [5.41, 5.74) is 0.281. The van der Waals surface area contributed by atoms with E-state index < -0.39 is 30.1 Å². The highest BCUT2D eigenvalue weighted by atomic mass is 32.1. The normalized spacial score (nSPS) is 11.1. The third kappa shape index (κ3) is 5.54. The van der Waals surface area contributed by atoms with Crippen molar-refractivity contribution in [2.45, 2.75) is 13.1 Å². The maximum absolute atomic E-state index is 12.6. The van der Waals surface area contributed by atoms with Crippen molar-refractivity contribution in [3.05, 3.63) is 70.6 Å². The molecule has 0 bridgehead atoms. The highest BCUT2D eigenvalue weighted by molar-refractivity contribution is 7.18. The molecule has 0 fully saturated rings. The van der Waals surface area contributed by atoms with E-state index in [4.69, 9.17) is 0 Å². The molecule has 0 aliphatic heterocycles. The zero-order valence-electron chi connectivity index (χ0n) is 16.1. The second-order valence-corrected chi connectivity index (χ2v) is 7.42. The van der Waals surface area contributed by atoms with Crippen LogP contribution in [0.3, 0.4) is 0 Å². The van der Waals surface area contributed by atoms with Crippen LogP contribution in [0.4, 0.5) is 18.3 Å². The van der Waals surface area contributed by atoms with Gasteiger partial charge in [-0.05, 0) is 24.3 Å². The lowest BCUT2D eigenvalue weighted by molar-refractivity contribution is -0.137. The third-order valence-electron chi connectivity index (χ3n) is 4.12. The van der Waals surface area contributed by atoms with Crippen molar-refractivity contribution >= 4 is 34.1 Å². The maximum atomic E-state index is 12.6. The molecule has 0 unspecified atom stereocenters. The van der Waals surface area contributed by atoms with Crippen LogP contribution in [0.1, 0.15) is 32.5 Å². The van der Waals surface area contributed by atoms with Gasteiger partial charge in [0.15, 0.2) is 10.9 Å². The van der Waals surface area contributed by atoms with Crippen LogP contribution in [0.5, 0.6) is 0 Å². The molecule has 3 aromatic rings. The van der Waals surface area contributed by atoms with Gasteiger partial charge < -0.3 is 10.6 Å². The number of rotatable bonds is 6. The number of halogens is 3. The first-order valence-corrected chi connectivity index (χ1v) is 9.79. The monoisotopic (exact) mass is 447 g/mol. The standard InChI is InChI=1S/C21H16F3N3O3S/c1-12(28)18-17(13-5-3-2-4-6-13)27-20(31-18)26-16(29)11-25-19(30)14-7-9-15(10-8-14)21(22,23)24/h2-10H,11H2,1H3,(H,25,30)(H,26,27,29). The summed E-state index contributed by atoms with van der Waals surface area (Å²) < 4.78 is 37.8. The van der Waals surface area contributed by atoms with E-state index in [1.54, 1.807) is 24.3 Å². The number of hydrogen-bond donors (Lipinski definition) is 2. The summed E-state index contributed by atoms with van der Waals surface area (Å²) in [6.45, 7) is 0.978. The van der Waals surface area contributed by atoms with Crippen LogP contribution < -0.4 is 10.6 Å². The summed E-state index contributed by atoms with van der Waals surface area (Å²) in [4.78, 5) is 40.9. The number of benzene rings is 2. The van der Waals surface area contributed by atoms with Gasteiger partial charge in [0, 0.05) is 18.1 Å². The van der Waals surface area contributed by atoms with Gasteiger partial charge in [-0.25, -0.2) is 4.98 Å². The SMILES string of the molecule is CC(=O)c1sc(NC(=O)CNC(=O)c2ccc(C(F)(F)F)cc2)nc1-c1ccccc1. The van der Waals surface area contributed by atoms with Crippen LogP contribution in [-0.2, 0) is 11.0 Å². The molecule has 2 N–H and O–H groups in total. The van der Waals surface area contributed by atoms with Gasteiger partial charge in [0.05, 0.1) is 22.7 Å². The van der Waals surface area contributed by atoms with E-state index in [-0.39, 0.29) is 16.5 Å². The summed E-state index contributed by atoms with van der Waals surface area (Å²) in [6.07, 6.45) is -4.50. The molecule has 1 aromatic heterocycles. The fourth-order valence-electron chi connectivity index (χ4n) is 2.64. The zero-order chi connectivity index (χ0) is 22.6. The summed E-state index contributed by atoms with van der Waals surface area (Å²) in [5.74, 6) is -1.49. The van der Waals surface area contributed by atoms with Crippen molar-refractivity contribution in [2.24, 2.45) is 0 Å². The number of ketones is 1. The Hall–Kier alpha value is -3.53. The summed E-state index contributed by atoms with van der Waals surface area (Å²) in [7, 11) is 0. The van der Waals surface area contributed by atoms with Gasteiger partial charge in [-0.2, -0.15) is 13.2 Å². The molecule has 0 saturated heterocycles. The summed E-state index contributed by atoms with van der Waals surface area (Å²) >= 11 is 1.01. The lowest BCUT2D eigenvalue weighted by atomic mass is 10.1. The molecule has 0 spiro atoms. The minimum Gasteiger partial charge on any atom is -0.343 e. The molecule has 0 atom stereocenters. The van der Waals surface area contributed by atoms with Gasteiger partial charge in [-0.15, -0.1) is 0 Å². The number of hydrogen-bond acceptors (Lipinski definition) is 5. The third-order valence-corrected chi connectivity index (χ3v) is 5.20. The molecule has 2 aromatic carbocycles. The number of thiazole rings is 1. The van der Waals surface area contributed by atoms with E-state index in [2.05, 4.69) is 15.6 Å². The molecule has 1 heterocycles. The largest absolute Gasteiger partial charge is 0.416 e. The number of alkyl halides is 3. The molecule has 6 nitrogen and oxygen atoms in total. The Labute approximate surface area is 179 Å². The summed E-state index contributed by atoms with van der Waals surface area (Å²) in [6, 6.07) is 12.6. The number of anilines is 1. The fraction of sp³-hybridized carbons (Fsp3) is 0.143. The van der Waals surface area contributed by atoms with Gasteiger partial charge >= 0.3 is 6.18 Å². The van der Waals surface area contributed by atoms with Crippen molar-refractivity contribution < 1.29 is 27.6 Å². The minimum absolute atomic E-state index is 0.0136. The minimum atomic E-state index is -4.50. The molecule has 0 saturated carbocycles. The molecule has 10 heteroatoms. The number of Topliss-reactive ketones (excluding diaryl/α,β-unsaturated/α-hetero) is 1. The number of amides is 2. The van der Waals surface area contributed by atoms with Gasteiger partial charge in [-0.1, -0.05) is 41.7 Å². The van der Waals surface area contributed by atoms with Crippen molar-refractivity contribution in [1.29, 1.82) is 0 Å². The number of nitrogens with one attached hydrogen (secondary N) is 2. The topological polar surface area (TPSA) is 88.2 Å². The first kappa shape index (κ1) is 22.2. The predicted molar refractivity (Wildman–Crippen MR) is 110 cm³/mol. The van der Waals surface area contributed by atoms with E-state index in [0.29, 0.717) is 10.6 Å². The van der Waals surface area contributed by atoms with E-state index in [0.717, 1.165) is 41.2 Å². The van der Waals surface area contributed by atoms with Gasteiger partial charge in [-0.3, -0.25) is 14.4 Å². The van der Waals surface area contributed by atoms with Crippen LogP contribution in [0, 0.1) is 0 Å². The zero-order valence-corrected chi connectivity index (χ0v) is 16.9. The molecule has 160 valence electrons. The lowest BCUT2D eigenvalue weighted by Gasteiger charge is -2.08. The Morgan fingerprint density at radius 1 is 1.00 bits per heavy atom. The van der Waals surface area contributed by atoms with E-state index in [1.165, 1.54) is 6.92 Å². The fourth-order valence-corrected chi connectivity index (χ4v) is 3.54. The second-order valence-electron chi connectivity index (χ2n) is 6.42. The Kier molecular flexibility index (Phi) is 6.50. The number of nitrogens with zero attached hydrogens (tertiary/aromatic N) is 1. The molecular weight excluding hydrogens is 431 g/mol. The molecule has 2 amide bonds. The van der Waals surface area contributed by atoms with E-state index >= 15 is 0 Å². The second kappa shape index (κ2) is 9.09. The first-order chi connectivity index (χ1) is 14.6. The first-order valence-electron chi connectivity index (χ1n) is 8.97. The van der Waals surface area contributed by atoms with E-state index in [9.17, 15) is 27.6 Å². The van der Waals surface area contributed by atoms with Crippen LogP contribution in [-0.4, -0.2) is 29.1 Å². The van der Waals surface area contributed by atoms with Gasteiger partial charge in [0.1, 0.15) is 0 Å². The highest BCUT2D eigenvalue weighted by Crippen LogP contribution is 2.31. The Morgan fingerprint density at radius 2 is 1.65 bits per heavy atom. The summed E-state index contributed by atoms with van der Waals surface area (Å²) in [5, 5.41) is 5.04. The number of carbonyl (C=O) groups is 3. The Balaban J connectivity index is 1.63.